The molecular formula is C30H25ClN4O2S2. The fourth-order valence-electron chi connectivity index (χ4n) is 4.82. The van der Waals surface area contributed by atoms with Crippen LogP contribution in [0.3, 0.4) is 0 Å². The molecule has 6 rings (SSSR count). The SMILES string of the molecule is O=C(CSc1nc2sc3c(c2c(=O)n1-c1ccccc1)CCN(Cc1ccccc1)C3)Nc1ccc(Cl)cc1. The highest BCUT2D eigenvalue weighted by molar-refractivity contribution is 7.99. The number of anilines is 1. The molecular weight excluding hydrogens is 548 g/mol. The minimum atomic E-state index is -0.182. The van der Waals surface area contributed by atoms with Gasteiger partial charge in [-0.2, -0.15) is 0 Å². The maximum Gasteiger partial charge on any atom is 0.267 e. The molecule has 3 heterocycles. The smallest absolute Gasteiger partial charge is 0.267 e. The maximum atomic E-state index is 14.0. The van der Waals surface area contributed by atoms with Crippen LogP contribution >= 0.6 is 34.7 Å². The summed E-state index contributed by atoms with van der Waals surface area (Å²) in [6.07, 6.45) is 0.809. The van der Waals surface area contributed by atoms with E-state index in [1.54, 1.807) is 40.2 Å². The number of amides is 1. The maximum absolute atomic E-state index is 14.0. The Balaban J connectivity index is 1.31. The molecule has 1 aliphatic heterocycles. The number of thiophene rings is 1. The largest absolute Gasteiger partial charge is 0.325 e. The van der Waals surface area contributed by atoms with Crippen molar-refractivity contribution in [3.63, 3.8) is 0 Å². The lowest BCUT2D eigenvalue weighted by molar-refractivity contribution is -0.113. The van der Waals surface area contributed by atoms with Gasteiger partial charge in [-0.05, 0) is 53.9 Å². The zero-order valence-corrected chi connectivity index (χ0v) is 23.4. The van der Waals surface area contributed by atoms with Crippen molar-refractivity contribution in [1.29, 1.82) is 0 Å². The van der Waals surface area contributed by atoms with Crippen molar-refractivity contribution >= 4 is 56.5 Å². The van der Waals surface area contributed by atoms with Crippen LogP contribution < -0.4 is 10.9 Å². The van der Waals surface area contributed by atoms with Crippen LogP contribution in [0, 0.1) is 0 Å². The molecule has 0 saturated heterocycles. The number of thioether (sulfide) groups is 1. The summed E-state index contributed by atoms with van der Waals surface area (Å²) in [6, 6.07) is 26.9. The Hall–Kier alpha value is -3.43. The molecule has 0 aliphatic carbocycles. The van der Waals surface area contributed by atoms with Crippen molar-refractivity contribution in [2.75, 3.05) is 17.6 Å². The summed E-state index contributed by atoms with van der Waals surface area (Å²) in [7, 11) is 0. The van der Waals surface area contributed by atoms with Gasteiger partial charge < -0.3 is 5.32 Å². The molecule has 39 heavy (non-hydrogen) atoms. The lowest BCUT2D eigenvalue weighted by Gasteiger charge is -2.26. The number of carbonyl (C=O) groups is 1. The van der Waals surface area contributed by atoms with Crippen LogP contribution in [0.25, 0.3) is 15.9 Å². The number of para-hydroxylation sites is 1. The number of benzene rings is 3. The van der Waals surface area contributed by atoms with Gasteiger partial charge in [0.1, 0.15) is 4.83 Å². The standard InChI is InChI=1S/C30H25ClN4O2S2/c31-21-11-13-22(14-12-21)32-26(36)19-38-30-33-28-27(29(37)35(30)23-9-5-2-6-10-23)24-15-16-34(18-25(24)39-28)17-20-7-3-1-4-8-20/h1-14H,15-19H2,(H,32,36). The second kappa shape index (κ2) is 11.4. The third-order valence-electron chi connectivity index (χ3n) is 6.65. The normalized spacial score (nSPS) is 13.4. The van der Waals surface area contributed by atoms with Crippen molar-refractivity contribution in [1.82, 2.24) is 14.5 Å². The Morgan fingerprint density at radius 1 is 1.00 bits per heavy atom. The van der Waals surface area contributed by atoms with Crippen LogP contribution in [-0.4, -0.2) is 32.7 Å². The highest BCUT2D eigenvalue weighted by atomic mass is 35.5. The molecule has 196 valence electrons. The molecule has 5 aromatic rings. The van der Waals surface area contributed by atoms with Crippen LogP contribution in [0.1, 0.15) is 16.0 Å². The number of hydrogen-bond donors (Lipinski definition) is 1. The first-order chi connectivity index (χ1) is 19.0. The summed E-state index contributed by atoms with van der Waals surface area (Å²) in [5.41, 5.74) is 3.71. The van der Waals surface area contributed by atoms with Crippen LogP contribution in [-0.2, 0) is 24.3 Å². The second-order valence-corrected chi connectivity index (χ2v) is 11.8. The van der Waals surface area contributed by atoms with Crippen LogP contribution in [0.5, 0.6) is 0 Å². The number of carbonyl (C=O) groups excluding carboxylic acids is 1. The number of halogens is 1. The molecule has 3 aromatic carbocycles. The van der Waals surface area contributed by atoms with Crippen molar-refractivity contribution in [3.8, 4) is 5.69 Å². The number of fused-ring (bicyclic) bond motifs is 3. The zero-order valence-electron chi connectivity index (χ0n) is 21.0. The average Bonchev–Trinajstić information content (AvgIpc) is 3.32. The fraction of sp³-hybridized carbons (Fsp3) is 0.167. The van der Waals surface area contributed by atoms with Gasteiger partial charge in [0, 0.05) is 35.2 Å². The quantitative estimate of drug-likeness (QED) is 0.181. The topological polar surface area (TPSA) is 67.2 Å². The van der Waals surface area contributed by atoms with E-state index in [0.29, 0.717) is 21.3 Å². The lowest BCUT2D eigenvalue weighted by atomic mass is 10.0. The van der Waals surface area contributed by atoms with Gasteiger partial charge in [0.2, 0.25) is 5.91 Å². The Labute approximate surface area is 239 Å². The molecule has 1 aliphatic rings. The second-order valence-electron chi connectivity index (χ2n) is 9.34. The van der Waals surface area contributed by atoms with E-state index in [-0.39, 0.29) is 17.2 Å². The van der Waals surface area contributed by atoms with E-state index in [1.807, 2.05) is 36.4 Å². The van der Waals surface area contributed by atoms with E-state index in [9.17, 15) is 9.59 Å². The van der Waals surface area contributed by atoms with Gasteiger partial charge in [0.25, 0.3) is 5.56 Å². The summed E-state index contributed by atoms with van der Waals surface area (Å²) in [5, 5.41) is 4.69. The van der Waals surface area contributed by atoms with E-state index in [4.69, 9.17) is 16.6 Å². The van der Waals surface area contributed by atoms with Crippen LogP contribution in [0.2, 0.25) is 5.02 Å². The van der Waals surface area contributed by atoms with Crippen molar-refractivity contribution in [3.05, 3.63) is 116 Å². The minimum Gasteiger partial charge on any atom is -0.325 e. The van der Waals surface area contributed by atoms with Gasteiger partial charge in [0.05, 0.1) is 16.8 Å². The first-order valence-electron chi connectivity index (χ1n) is 12.6. The monoisotopic (exact) mass is 572 g/mol. The van der Waals surface area contributed by atoms with Crippen molar-refractivity contribution < 1.29 is 4.79 Å². The molecule has 1 amide bonds. The van der Waals surface area contributed by atoms with Gasteiger partial charge in [-0.3, -0.25) is 19.1 Å². The van der Waals surface area contributed by atoms with Crippen LogP contribution in [0.15, 0.2) is 94.9 Å². The first-order valence-corrected chi connectivity index (χ1v) is 14.8. The first kappa shape index (κ1) is 25.8. The molecule has 0 unspecified atom stereocenters. The van der Waals surface area contributed by atoms with E-state index in [1.165, 1.54) is 22.2 Å². The molecule has 6 nitrogen and oxygen atoms in total. The molecule has 0 bridgehead atoms. The average molecular weight is 573 g/mol. The molecule has 2 aromatic heterocycles. The van der Waals surface area contributed by atoms with E-state index < -0.39 is 0 Å². The number of aromatic nitrogens is 2. The Bertz CT molecular complexity index is 1690. The molecule has 1 N–H and O–H groups in total. The number of nitrogens with one attached hydrogen (secondary N) is 1. The van der Waals surface area contributed by atoms with Gasteiger partial charge in [-0.15, -0.1) is 11.3 Å². The van der Waals surface area contributed by atoms with E-state index in [0.717, 1.165) is 42.1 Å². The number of hydrogen-bond acceptors (Lipinski definition) is 6. The summed E-state index contributed by atoms with van der Waals surface area (Å²) in [6.45, 7) is 2.56. The molecule has 0 atom stereocenters. The van der Waals surface area contributed by atoms with Gasteiger partial charge in [-0.25, -0.2) is 4.98 Å². The zero-order chi connectivity index (χ0) is 26.8. The summed E-state index contributed by atoms with van der Waals surface area (Å²) >= 11 is 8.80. The van der Waals surface area contributed by atoms with Crippen molar-refractivity contribution in [2.24, 2.45) is 0 Å². The molecule has 0 fully saturated rings. The fourth-order valence-corrected chi connectivity index (χ4v) is 7.06. The van der Waals surface area contributed by atoms with Gasteiger partial charge in [0.15, 0.2) is 5.16 Å². The Morgan fingerprint density at radius 3 is 2.46 bits per heavy atom. The summed E-state index contributed by atoms with van der Waals surface area (Å²) in [5.74, 6) is -0.0677. The molecule has 9 heteroatoms. The highest BCUT2D eigenvalue weighted by Crippen LogP contribution is 2.34. The Kier molecular flexibility index (Phi) is 7.52. The van der Waals surface area contributed by atoms with Gasteiger partial charge in [-0.1, -0.05) is 71.9 Å². The molecule has 0 spiro atoms. The van der Waals surface area contributed by atoms with E-state index in [2.05, 4.69) is 34.5 Å². The van der Waals surface area contributed by atoms with Crippen molar-refractivity contribution in [2.45, 2.75) is 24.7 Å². The predicted octanol–water partition coefficient (Wildman–Crippen LogP) is 6.39. The number of nitrogens with zero attached hydrogens (tertiary/aromatic N) is 3. The highest BCUT2D eigenvalue weighted by Gasteiger charge is 2.26. The third-order valence-corrected chi connectivity index (χ3v) is 8.95. The lowest BCUT2D eigenvalue weighted by Crippen LogP contribution is -2.30. The molecule has 0 saturated carbocycles. The summed E-state index contributed by atoms with van der Waals surface area (Å²) < 4.78 is 1.64. The number of rotatable bonds is 7. The van der Waals surface area contributed by atoms with Crippen LogP contribution in [0.4, 0.5) is 5.69 Å². The third kappa shape index (κ3) is 5.65. The summed E-state index contributed by atoms with van der Waals surface area (Å²) in [4.78, 5) is 36.0. The Morgan fingerprint density at radius 2 is 1.72 bits per heavy atom. The van der Waals surface area contributed by atoms with Gasteiger partial charge >= 0.3 is 0 Å². The van der Waals surface area contributed by atoms with E-state index >= 15 is 0 Å². The predicted molar refractivity (Wildman–Crippen MR) is 160 cm³/mol. The minimum absolute atomic E-state index is 0.0826. The molecule has 0 radical (unpaired) electrons.